The van der Waals surface area contributed by atoms with Gasteiger partial charge < -0.3 is 19.3 Å². The number of halogens is 1. The highest BCUT2D eigenvalue weighted by molar-refractivity contribution is 5.46. The molecule has 112 valence electrons. The van der Waals surface area contributed by atoms with Gasteiger partial charge in [0.05, 0.1) is 20.8 Å². The van der Waals surface area contributed by atoms with Crippen LogP contribution < -0.4 is 14.2 Å². The highest BCUT2D eigenvalue weighted by atomic mass is 19.1. The Morgan fingerprint density at radius 3 is 2.48 bits per heavy atom. The van der Waals surface area contributed by atoms with Crippen molar-refractivity contribution in [2.45, 2.75) is 13.2 Å². The molecule has 0 spiro atoms. The molecule has 0 aliphatic carbocycles. The van der Waals surface area contributed by atoms with Crippen LogP contribution in [0.4, 0.5) is 4.39 Å². The fourth-order valence-electron chi connectivity index (χ4n) is 1.93. The Kier molecular flexibility index (Phi) is 5.00. The topological polar surface area (TPSA) is 47.9 Å². The molecule has 1 N–H and O–H groups in total. The van der Waals surface area contributed by atoms with E-state index < -0.39 is 5.82 Å². The first-order chi connectivity index (χ1) is 10.2. The van der Waals surface area contributed by atoms with Crippen molar-refractivity contribution in [1.82, 2.24) is 0 Å². The van der Waals surface area contributed by atoms with Crippen LogP contribution in [0.1, 0.15) is 11.1 Å². The molecule has 0 aromatic heterocycles. The number of methoxy groups -OCH3 is 2. The molecule has 2 rings (SSSR count). The van der Waals surface area contributed by atoms with Gasteiger partial charge in [-0.25, -0.2) is 4.39 Å². The average Bonchev–Trinajstić information content (AvgIpc) is 2.53. The summed E-state index contributed by atoms with van der Waals surface area (Å²) in [6.07, 6.45) is 0. The van der Waals surface area contributed by atoms with Gasteiger partial charge in [0.1, 0.15) is 18.2 Å². The summed E-state index contributed by atoms with van der Waals surface area (Å²) in [6, 6.07) is 9.76. The van der Waals surface area contributed by atoms with Crippen molar-refractivity contribution in [3.63, 3.8) is 0 Å². The molecule has 0 unspecified atom stereocenters. The molecule has 0 saturated carbocycles. The van der Waals surface area contributed by atoms with Crippen LogP contribution in [0.3, 0.4) is 0 Å². The van der Waals surface area contributed by atoms with Gasteiger partial charge in [-0.05, 0) is 18.2 Å². The van der Waals surface area contributed by atoms with Crippen molar-refractivity contribution < 1.29 is 23.7 Å². The first-order valence-electron chi connectivity index (χ1n) is 6.41. The fraction of sp³-hybridized carbons (Fsp3) is 0.250. The summed E-state index contributed by atoms with van der Waals surface area (Å²) < 4.78 is 29.6. The third-order valence-corrected chi connectivity index (χ3v) is 3.08. The molecule has 21 heavy (non-hydrogen) atoms. The molecule has 0 fully saturated rings. The quantitative estimate of drug-likeness (QED) is 0.889. The van der Waals surface area contributed by atoms with E-state index in [2.05, 4.69) is 0 Å². The van der Waals surface area contributed by atoms with Gasteiger partial charge in [0.25, 0.3) is 0 Å². The van der Waals surface area contributed by atoms with Crippen LogP contribution >= 0.6 is 0 Å². The van der Waals surface area contributed by atoms with E-state index in [4.69, 9.17) is 14.2 Å². The number of aliphatic hydroxyl groups excluding tert-OH is 1. The molecule has 0 amide bonds. The van der Waals surface area contributed by atoms with E-state index in [0.29, 0.717) is 28.4 Å². The fourth-order valence-corrected chi connectivity index (χ4v) is 1.93. The molecule has 0 radical (unpaired) electrons. The second kappa shape index (κ2) is 6.95. The van der Waals surface area contributed by atoms with Gasteiger partial charge in [-0.15, -0.1) is 0 Å². The van der Waals surface area contributed by atoms with E-state index in [-0.39, 0.29) is 13.2 Å². The molecule has 0 saturated heterocycles. The molecule has 0 bridgehead atoms. The lowest BCUT2D eigenvalue weighted by Gasteiger charge is -2.14. The second-order valence-corrected chi connectivity index (χ2v) is 4.35. The van der Waals surface area contributed by atoms with Gasteiger partial charge in [0.2, 0.25) is 0 Å². The zero-order chi connectivity index (χ0) is 15.2. The summed E-state index contributed by atoms with van der Waals surface area (Å²) in [6.45, 7) is -0.152. The van der Waals surface area contributed by atoms with E-state index in [1.165, 1.54) is 20.3 Å². The van der Waals surface area contributed by atoms with Crippen LogP contribution in [-0.2, 0) is 13.2 Å². The van der Waals surface area contributed by atoms with Crippen LogP contribution in [0.2, 0.25) is 0 Å². The summed E-state index contributed by atoms with van der Waals surface area (Å²) in [5, 5.41) is 9.33. The van der Waals surface area contributed by atoms with E-state index in [0.717, 1.165) is 0 Å². The van der Waals surface area contributed by atoms with Gasteiger partial charge in [0.15, 0.2) is 11.5 Å². The Morgan fingerprint density at radius 2 is 1.86 bits per heavy atom. The van der Waals surface area contributed by atoms with E-state index in [1.807, 2.05) is 0 Å². The summed E-state index contributed by atoms with van der Waals surface area (Å²) >= 11 is 0. The molecule has 0 heterocycles. The molecule has 2 aromatic carbocycles. The van der Waals surface area contributed by atoms with Crippen LogP contribution in [0.25, 0.3) is 0 Å². The molecular weight excluding hydrogens is 275 g/mol. The Bertz CT molecular complexity index is 591. The Morgan fingerprint density at radius 1 is 1.05 bits per heavy atom. The Balaban J connectivity index is 2.20. The zero-order valence-electron chi connectivity index (χ0n) is 11.9. The lowest BCUT2D eigenvalue weighted by Crippen LogP contribution is -2.03. The molecule has 4 nitrogen and oxygen atoms in total. The van der Waals surface area contributed by atoms with Gasteiger partial charge in [-0.2, -0.15) is 0 Å². The van der Waals surface area contributed by atoms with Crippen molar-refractivity contribution in [2.24, 2.45) is 0 Å². The van der Waals surface area contributed by atoms with Gasteiger partial charge in [-0.1, -0.05) is 12.1 Å². The number of hydrogen-bond donors (Lipinski definition) is 1. The number of aliphatic hydroxyl groups is 1. The Labute approximate surface area is 122 Å². The minimum Gasteiger partial charge on any atom is -0.497 e. The van der Waals surface area contributed by atoms with Crippen LogP contribution in [-0.4, -0.2) is 19.3 Å². The summed E-state index contributed by atoms with van der Waals surface area (Å²) in [7, 11) is 2.99. The molecule has 0 aliphatic heterocycles. The van der Waals surface area contributed by atoms with Crippen molar-refractivity contribution in [2.75, 3.05) is 14.2 Å². The summed E-state index contributed by atoms with van der Waals surface area (Å²) in [5.41, 5.74) is 0.980. The molecular formula is C16H17FO4. The number of benzene rings is 2. The van der Waals surface area contributed by atoms with E-state index >= 15 is 0 Å². The van der Waals surface area contributed by atoms with Crippen LogP contribution in [0.15, 0.2) is 36.4 Å². The molecule has 2 aromatic rings. The maximum absolute atomic E-state index is 13.9. The molecule has 0 aliphatic rings. The average molecular weight is 292 g/mol. The monoisotopic (exact) mass is 292 g/mol. The van der Waals surface area contributed by atoms with Crippen molar-refractivity contribution >= 4 is 0 Å². The SMILES string of the molecule is COc1ccc(COc2c(CO)cccc2OC)c(F)c1. The lowest BCUT2D eigenvalue weighted by atomic mass is 10.2. The first kappa shape index (κ1) is 15.1. The predicted octanol–water partition coefficient (Wildman–Crippen LogP) is 2.91. The minimum absolute atomic E-state index is 0.0310. The predicted molar refractivity (Wildman–Crippen MR) is 76.2 cm³/mol. The van der Waals surface area contributed by atoms with Crippen LogP contribution in [0.5, 0.6) is 17.2 Å². The number of hydrogen-bond acceptors (Lipinski definition) is 4. The lowest BCUT2D eigenvalue weighted by molar-refractivity contribution is 0.247. The normalized spacial score (nSPS) is 10.3. The summed E-state index contributed by atoms with van der Waals surface area (Å²) in [5.74, 6) is 0.951. The largest absolute Gasteiger partial charge is 0.497 e. The van der Waals surface area contributed by atoms with Crippen molar-refractivity contribution in [1.29, 1.82) is 0 Å². The maximum atomic E-state index is 13.9. The van der Waals surface area contributed by atoms with Gasteiger partial charge >= 0.3 is 0 Å². The maximum Gasteiger partial charge on any atom is 0.167 e. The van der Waals surface area contributed by atoms with E-state index in [1.54, 1.807) is 30.3 Å². The zero-order valence-corrected chi connectivity index (χ0v) is 11.9. The van der Waals surface area contributed by atoms with Crippen LogP contribution in [0, 0.1) is 5.82 Å². The van der Waals surface area contributed by atoms with E-state index in [9.17, 15) is 9.50 Å². The number of ether oxygens (including phenoxy) is 3. The van der Waals surface area contributed by atoms with Crippen molar-refractivity contribution in [3.05, 3.63) is 53.3 Å². The smallest absolute Gasteiger partial charge is 0.167 e. The molecule has 5 heteroatoms. The Hall–Kier alpha value is -2.27. The third kappa shape index (κ3) is 3.44. The van der Waals surface area contributed by atoms with Gasteiger partial charge in [-0.3, -0.25) is 0 Å². The standard InChI is InChI=1S/C16H17FO4/c1-19-13-7-6-12(14(17)8-13)10-21-16-11(9-18)4-3-5-15(16)20-2/h3-8,18H,9-10H2,1-2H3. The number of para-hydroxylation sites is 1. The highest BCUT2D eigenvalue weighted by Crippen LogP contribution is 2.32. The number of rotatable bonds is 6. The second-order valence-electron chi connectivity index (χ2n) is 4.35. The summed E-state index contributed by atoms with van der Waals surface area (Å²) in [4.78, 5) is 0. The molecule has 0 atom stereocenters. The van der Waals surface area contributed by atoms with Crippen molar-refractivity contribution in [3.8, 4) is 17.2 Å². The highest BCUT2D eigenvalue weighted by Gasteiger charge is 2.12. The minimum atomic E-state index is -0.408. The first-order valence-corrected chi connectivity index (χ1v) is 6.41. The third-order valence-electron chi connectivity index (χ3n) is 3.08. The van der Waals surface area contributed by atoms with Gasteiger partial charge in [0, 0.05) is 17.2 Å².